The summed E-state index contributed by atoms with van der Waals surface area (Å²) in [5.41, 5.74) is 11.3. The van der Waals surface area contributed by atoms with Gasteiger partial charge >= 0.3 is 0 Å². The van der Waals surface area contributed by atoms with E-state index >= 15 is 0 Å². The molecule has 8 rings (SSSR count). The van der Waals surface area contributed by atoms with E-state index in [1.54, 1.807) is 0 Å². The molecule has 0 amide bonds. The zero-order valence-corrected chi connectivity index (χ0v) is 20.5. The smallest absolute Gasteiger partial charge is 0.135 e. The molecule has 1 atom stereocenters. The van der Waals surface area contributed by atoms with Gasteiger partial charge in [0.15, 0.2) is 0 Å². The van der Waals surface area contributed by atoms with Gasteiger partial charge in [-0.15, -0.1) is 0 Å². The van der Waals surface area contributed by atoms with Crippen LogP contribution in [0.3, 0.4) is 0 Å². The molecule has 6 aromatic carbocycles. The molecule has 1 unspecified atom stereocenters. The van der Waals surface area contributed by atoms with Crippen LogP contribution in [0.15, 0.2) is 127 Å². The number of fused-ring (bicyclic) bond motifs is 5. The van der Waals surface area contributed by atoms with Crippen molar-refractivity contribution in [2.24, 2.45) is 0 Å². The third kappa shape index (κ3) is 2.80. The highest BCUT2D eigenvalue weighted by Gasteiger charge is 2.40. The Hall–Kier alpha value is -4.62. The Labute approximate surface area is 216 Å². The average molecular weight is 473 g/mol. The monoisotopic (exact) mass is 472 g/mol. The Balaban J connectivity index is 1.28. The molecular weight excluding hydrogens is 448 g/mol. The van der Waals surface area contributed by atoms with Crippen LogP contribution in [0.2, 0.25) is 0 Å². The van der Waals surface area contributed by atoms with Gasteiger partial charge in [0.1, 0.15) is 11.5 Å². The normalized spacial score (nSPS) is 16.6. The van der Waals surface area contributed by atoms with Crippen molar-refractivity contribution >= 4 is 10.8 Å². The van der Waals surface area contributed by atoms with Crippen LogP contribution in [-0.4, -0.2) is 0 Å². The molecule has 1 aliphatic carbocycles. The number of hydrogen-bond acceptors (Lipinski definition) is 1. The Bertz CT molecular complexity index is 1860. The summed E-state index contributed by atoms with van der Waals surface area (Å²) in [5.74, 6) is 1.85. The molecule has 1 heterocycles. The van der Waals surface area contributed by atoms with E-state index in [9.17, 15) is 0 Å². The van der Waals surface area contributed by atoms with E-state index < -0.39 is 0 Å². The fourth-order valence-electron chi connectivity index (χ4n) is 6.51. The summed E-state index contributed by atoms with van der Waals surface area (Å²) < 4.78 is 6.45. The van der Waals surface area contributed by atoms with Crippen molar-refractivity contribution < 1.29 is 4.74 Å². The van der Waals surface area contributed by atoms with Gasteiger partial charge in [0.25, 0.3) is 0 Å². The Morgan fingerprint density at radius 3 is 2.08 bits per heavy atom. The molecule has 2 aliphatic rings. The molecule has 6 aromatic rings. The highest BCUT2D eigenvalue weighted by molar-refractivity contribution is 6.04. The zero-order valence-electron chi connectivity index (χ0n) is 20.5. The third-order valence-electron chi connectivity index (χ3n) is 8.36. The van der Waals surface area contributed by atoms with Gasteiger partial charge in [-0.3, -0.25) is 0 Å². The standard InChI is InChI=1S/C36H24O/c1-36(26-11-3-2-4-12-26)31-15-6-5-13-27(31)30-21-24(18-20-32(30)36)25-17-19-28-29-14-7-9-23-10-8-16-33(35(23)29)37-34(28)22-25/h2-22H,1H3. The molecule has 0 N–H and O–H groups in total. The van der Waals surface area contributed by atoms with Crippen molar-refractivity contribution in [1.29, 1.82) is 0 Å². The Morgan fingerprint density at radius 2 is 1.19 bits per heavy atom. The number of benzene rings is 6. The minimum atomic E-state index is -0.174. The SMILES string of the molecule is CC1(c2ccccc2)c2ccccc2-c2cc(-c3ccc4c(c3)Oc3cccc5cccc-4c35)ccc21. The number of hydrogen-bond donors (Lipinski definition) is 0. The van der Waals surface area contributed by atoms with Crippen LogP contribution in [0, 0.1) is 0 Å². The predicted octanol–water partition coefficient (Wildman–Crippen LogP) is 9.61. The summed E-state index contributed by atoms with van der Waals surface area (Å²) in [6, 6.07) is 46.1. The maximum Gasteiger partial charge on any atom is 0.135 e. The minimum Gasteiger partial charge on any atom is -0.456 e. The van der Waals surface area contributed by atoms with Gasteiger partial charge in [-0.05, 0) is 81.1 Å². The first kappa shape index (κ1) is 20.6. The fourth-order valence-corrected chi connectivity index (χ4v) is 6.51. The molecule has 1 nitrogen and oxygen atoms in total. The molecule has 0 fully saturated rings. The molecule has 1 heteroatoms. The second-order valence-corrected chi connectivity index (χ2v) is 10.3. The van der Waals surface area contributed by atoms with Crippen molar-refractivity contribution in [3.05, 3.63) is 144 Å². The third-order valence-corrected chi connectivity index (χ3v) is 8.36. The van der Waals surface area contributed by atoms with Gasteiger partial charge in [0.05, 0.1) is 0 Å². The molecule has 0 aromatic heterocycles. The summed E-state index contributed by atoms with van der Waals surface area (Å²) in [5, 5.41) is 2.41. The van der Waals surface area contributed by atoms with Crippen LogP contribution < -0.4 is 4.74 Å². The molecule has 174 valence electrons. The zero-order chi connectivity index (χ0) is 24.6. The first-order valence-corrected chi connectivity index (χ1v) is 12.9. The lowest BCUT2D eigenvalue weighted by molar-refractivity contribution is 0.487. The van der Waals surface area contributed by atoms with E-state index in [2.05, 4.69) is 134 Å². The molecule has 0 radical (unpaired) electrons. The highest BCUT2D eigenvalue weighted by atomic mass is 16.5. The maximum atomic E-state index is 6.45. The number of rotatable bonds is 2. The highest BCUT2D eigenvalue weighted by Crippen LogP contribution is 2.53. The second-order valence-electron chi connectivity index (χ2n) is 10.3. The minimum absolute atomic E-state index is 0.174. The molecule has 37 heavy (non-hydrogen) atoms. The molecule has 0 spiro atoms. The van der Waals surface area contributed by atoms with Gasteiger partial charge in [-0.25, -0.2) is 0 Å². The van der Waals surface area contributed by atoms with Crippen LogP contribution in [0.1, 0.15) is 23.6 Å². The maximum absolute atomic E-state index is 6.45. The summed E-state index contributed by atoms with van der Waals surface area (Å²) >= 11 is 0. The summed E-state index contributed by atoms with van der Waals surface area (Å²) in [6.45, 7) is 2.36. The van der Waals surface area contributed by atoms with Gasteiger partial charge in [0.2, 0.25) is 0 Å². The van der Waals surface area contributed by atoms with Gasteiger partial charge < -0.3 is 4.74 Å². The molecular formula is C36H24O. The summed E-state index contributed by atoms with van der Waals surface area (Å²) in [6.07, 6.45) is 0. The van der Waals surface area contributed by atoms with Gasteiger partial charge in [-0.2, -0.15) is 0 Å². The van der Waals surface area contributed by atoms with Crippen LogP contribution in [0.5, 0.6) is 11.5 Å². The van der Waals surface area contributed by atoms with Crippen molar-refractivity contribution in [3.63, 3.8) is 0 Å². The van der Waals surface area contributed by atoms with Crippen LogP contribution in [-0.2, 0) is 5.41 Å². The lowest BCUT2D eigenvalue weighted by atomic mass is 9.74. The summed E-state index contributed by atoms with van der Waals surface area (Å²) in [4.78, 5) is 0. The summed E-state index contributed by atoms with van der Waals surface area (Å²) in [7, 11) is 0. The van der Waals surface area contributed by atoms with Crippen molar-refractivity contribution in [2.45, 2.75) is 12.3 Å². The molecule has 1 aliphatic heterocycles. The van der Waals surface area contributed by atoms with Crippen molar-refractivity contribution in [3.8, 4) is 44.9 Å². The quantitative estimate of drug-likeness (QED) is 0.243. The second kappa shape index (κ2) is 7.44. The topological polar surface area (TPSA) is 9.23 Å². The Kier molecular flexibility index (Phi) is 4.14. The molecule has 0 bridgehead atoms. The van der Waals surface area contributed by atoms with Crippen LogP contribution in [0.4, 0.5) is 0 Å². The first-order valence-electron chi connectivity index (χ1n) is 12.9. The van der Waals surface area contributed by atoms with Crippen LogP contribution >= 0.6 is 0 Å². The largest absolute Gasteiger partial charge is 0.456 e. The van der Waals surface area contributed by atoms with E-state index in [4.69, 9.17) is 4.74 Å². The van der Waals surface area contributed by atoms with Crippen molar-refractivity contribution in [1.82, 2.24) is 0 Å². The fraction of sp³-hybridized carbons (Fsp3) is 0.0556. The van der Waals surface area contributed by atoms with Gasteiger partial charge in [0, 0.05) is 16.4 Å². The van der Waals surface area contributed by atoms with E-state index in [1.807, 2.05) is 0 Å². The molecule has 0 saturated carbocycles. The van der Waals surface area contributed by atoms with E-state index in [1.165, 1.54) is 55.3 Å². The van der Waals surface area contributed by atoms with E-state index in [-0.39, 0.29) is 5.41 Å². The van der Waals surface area contributed by atoms with E-state index in [0.717, 1.165) is 17.1 Å². The van der Waals surface area contributed by atoms with Crippen LogP contribution in [0.25, 0.3) is 44.2 Å². The average Bonchev–Trinajstić information content (AvgIpc) is 3.22. The predicted molar refractivity (Wildman–Crippen MR) is 152 cm³/mol. The lowest BCUT2D eigenvalue weighted by Crippen LogP contribution is -2.22. The van der Waals surface area contributed by atoms with E-state index in [0.29, 0.717) is 0 Å². The molecule has 0 saturated heterocycles. The lowest BCUT2D eigenvalue weighted by Gasteiger charge is -2.28. The number of ether oxygens (including phenoxy) is 1. The van der Waals surface area contributed by atoms with Crippen molar-refractivity contribution in [2.75, 3.05) is 0 Å². The van der Waals surface area contributed by atoms with Gasteiger partial charge in [-0.1, -0.05) is 103 Å². The Morgan fingerprint density at radius 1 is 0.486 bits per heavy atom. The first-order chi connectivity index (χ1) is 18.2.